The van der Waals surface area contributed by atoms with Crippen molar-refractivity contribution in [3.63, 3.8) is 0 Å². The molecule has 2 fully saturated rings. The zero-order chi connectivity index (χ0) is 25.8. The Bertz CT molecular complexity index is 1200. The molecule has 3 N–H and O–H groups in total. The molecule has 0 spiro atoms. The summed E-state index contributed by atoms with van der Waals surface area (Å²) in [6, 6.07) is 3.91. The van der Waals surface area contributed by atoms with Crippen molar-refractivity contribution in [2.45, 2.75) is 62.6 Å². The second-order valence-electron chi connectivity index (χ2n) is 10.2. The molecule has 6 nitrogen and oxygen atoms in total. The highest BCUT2D eigenvalue weighted by Crippen LogP contribution is 2.54. The van der Waals surface area contributed by atoms with Crippen LogP contribution in [0.15, 0.2) is 24.5 Å². The normalized spacial score (nSPS) is 26.3. The third-order valence-corrected chi connectivity index (χ3v) is 7.30. The Morgan fingerprint density at radius 1 is 1.29 bits per heavy atom. The Balaban J connectivity index is 1.47. The SMILES string of the molecule is Cn1cnc(C2CC3CC(O)(C#CC(F)(F)C(C)(C)O)CC3C2)c1C(=O)Nc1ccc(F)c(Cl)c1. The van der Waals surface area contributed by atoms with Crippen LogP contribution in [0.3, 0.4) is 0 Å². The predicted octanol–water partition coefficient (Wildman–Crippen LogP) is 4.51. The highest BCUT2D eigenvalue weighted by Gasteiger charge is 2.50. The van der Waals surface area contributed by atoms with Gasteiger partial charge in [0, 0.05) is 18.7 Å². The Morgan fingerprint density at radius 2 is 1.91 bits per heavy atom. The van der Waals surface area contributed by atoms with Crippen molar-refractivity contribution in [3.8, 4) is 11.8 Å². The van der Waals surface area contributed by atoms with Gasteiger partial charge >= 0.3 is 5.92 Å². The van der Waals surface area contributed by atoms with Crippen LogP contribution < -0.4 is 5.32 Å². The van der Waals surface area contributed by atoms with Crippen molar-refractivity contribution in [3.05, 3.63) is 46.8 Å². The maximum absolute atomic E-state index is 14.0. The summed E-state index contributed by atoms with van der Waals surface area (Å²) in [6.45, 7) is 1.95. The van der Waals surface area contributed by atoms with E-state index in [2.05, 4.69) is 16.2 Å². The number of nitrogens with zero attached hydrogens (tertiary/aromatic N) is 2. The van der Waals surface area contributed by atoms with E-state index < -0.39 is 28.8 Å². The van der Waals surface area contributed by atoms with Crippen LogP contribution in [0.5, 0.6) is 0 Å². The van der Waals surface area contributed by atoms with Crippen LogP contribution in [0, 0.1) is 29.5 Å². The third-order valence-electron chi connectivity index (χ3n) is 7.01. The summed E-state index contributed by atoms with van der Waals surface area (Å²) in [5.41, 5.74) is -2.51. The van der Waals surface area contributed by atoms with E-state index in [9.17, 15) is 28.2 Å². The number of nitrogens with one attached hydrogen (secondary N) is 1. The van der Waals surface area contributed by atoms with Gasteiger partial charge in [0.1, 0.15) is 22.7 Å². The number of alkyl halides is 2. The number of rotatable bonds is 4. The van der Waals surface area contributed by atoms with Crippen molar-refractivity contribution in [1.82, 2.24) is 9.55 Å². The second kappa shape index (κ2) is 8.84. The number of amides is 1. The van der Waals surface area contributed by atoms with E-state index in [-0.39, 0.29) is 35.6 Å². The molecule has 0 aliphatic heterocycles. The number of carbonyl (C=O) groups excluding carboxylic acids is 1. The molecular formula is C25H27ClF3N3O3. The van der Waals surface area contributed by atoms with Gasteiger partial charge < -0.3 is 20.1 Å². The third kappa shape index (κ3) is 5.06. The number of halogens is 4. The molecule has 188 valence electrons. The van der Waals surface area contributed by atoms with Crippen LogP contribution in [-0.4, -0.2) is 42.8 Å². The molecule has 1 amide bonds. The minimum atomic E-state index is -3.64. The summed E-state index contributed by atoms with van der Waals surface area (Å²) < 4.78 is 43.1. The fourth-order valence-electron chi connectivity index (χ4n) is 5.12. The van der Waals surface area contributed by atoms with Crippen LogP contribution in [0.4, 0.5) is 18.9 Å². The van der Waals surface area contributed by atoms with Crippen molar-refractivity contribution in [2.24, 2.45) is 18.9 Å². The predicted molar refractivity (Wildman–Crippen MR) is 125 cm³/mol. The van der Waals surface area contributed by atoms with Gasteiger partial charge in [0.2, 0.25) is 0 Å². The molecule has 2 aliphatic carbocycles. The Kier molecular flexibility index (Phi) is 6.45. The smallest absolute Gasteiger partial charge is 0.335 e. The molecule has 35 heavy (non-hydrogen) atoms. The Morgan fingerprint density at radius 3 is 2.49 bits per heavy atom. The zero-order valence-corrected chi connectivity index (χ0v) is 20.3. The summed E-state index contributed by atoms with van der Waals surface area (Å²) in [6.07, 6.45) is 3.31. The van der Waals surface area contributed by atoms with E-state index >= 15 is 0 Å². The van der Waals surface area contributed by atoms with E-state index in [1.165, 1.54) is 18.2 Å². The number of hydrogen-bond acceptors (Lipinski definition) is 4. The lowest BCUT2D eigenvalue weighted by molar-refractivity contribution is -0.120. The average Bonchev–Trinajstić information content (AvgIpc) is 3.39. The van der Waals surface area contributed by atoms with Gasteiger partial charge in [-0.25, -0.2) is 9.37 Å². The van der Waals surface area contributed by atoms with Gasteiger partial charge in [-0.05, 0) is 75.5 Å². The van der Waals surface area contributed by atoms with Crippen LogP contribution in [-0.2, 0) is 7.05 Å². The van der Waals surface area contributed by atoms with Crippen molar-refractivity contribution < 1.29 is 28.2 Å². The molecule has 2 aromatic rings. The van der Waals surface area contributed by atoms with E-state index in [0.717, 1.165) is 13.8 Å². The molecule has 2 saturated carbocycles. The van der Waals surface area contributed by atoms with Crippen LogP contribution >= 0.6 is 11.6 Å². The van der Waals surface area contributed by atoms with Crippen LogP contribution in [0.1, 0.15) is 61.6 Å². The molecule has 0 bridgehead atoms. The number of aromatic nitrogens is 2. The highest BCUT2D eigenvalue weighted by molar-refractivity contribution is 6.31. The topological polar surface area (TPSA) is 87.4 Å². The fraction of sp³-hybridized carbons (Fsp3) is 0.520. The minimum Gasteiger partial charge on any atom is -0.383 e. The summed E-state index contributed by atoms with van der Waals surface area (Å²) >= 11 is 5.81. The number of benzene rings is 1. The second-order valence-corrected chi connectivity index (χ2v) is 10.6. The number of hydrogen-bond donors (Lipinski definition) is 3. The average molecular weight is 510 g/mol. The quantitative estimate of drug-likeness (QED) is 0.529. The number of aliphatic hydroxyl groups is 2. The van der Waals surface area contributed by atoms with E-state index in [1.54, 1.807) is 23.9 Å². The molecule has 2 atom stereocenters. The summed E-state index contributed by atoms with van der Waals surface area (Å²) in [5, 5.41) is 23.1. The first kappa shape index (κ1) is 25.5. The zero-order valence-electron chi connectivity index (χ0n) is 19.6. The van der Waals surface area contributed by atoms with Gasteiger partial charge in [-0.2, -0.15) is 8.78 Å². The molecule has 1 heterocycles. The fourth-order valence-corrected chi connectivity index (χ4v) is 5.30. The number of carbonyl (C=O) groups is 1. The van der Waals surface area contributed by atoms with Crippen molar-refractivity contribution in [1.29, 1.82) is 0 Å². The van der Waals surface area contributed by atoms with Crippen molar-refractivity contribution in [2.75, 3.05) is 5.32 Å². The molecule has 2 unspecified atom stereocenters. The van der Waals surface area contributed by atoms with Gasteiger partial charge in [-0.1, -0.05) is 17.5 Å². The monoisotopic (exact) mass is 509 g/mol. The number of fused-ring (bicyclic) bond motifs is 1. The van der Waals surface area contributed by atoms with Gasteiger partial charge in [0.05, 0.1) is 17.0 Å². The molecule has 2 aliphatic rings. The number of imidazole rings is 1. The molecule has 0 radical (unpaired) electrons. The number of aryl methyl sites for hydroxylation is 1. The molecule has 1 aromatic carbocycles. The first-order chi connectivity index (χ1) is 16.2. The first-order valence-electron chi connectivity index (χ1n) is 11.3. The summed E-state index contributed by atoms with van der Waals surface area (Å²) in [4.78, 5) is 17.5. The van der Waals surface area contributed by atoms with Gasteiger partial charge in [-0.15, -0.1) is 0 Å². The Hall–Kier alpha value is -2.54. The van der Waals surface area contributed by atoms with E-state index in [0.29, 0.717) is 29.9 Å². The molecule has 10 heteroatoms. The maximum Gasteiger partial charge on any atom is 0.335 e. The molecular weight excluding hydrogens is 483 g/mol. The van der Waals surface area contributed by atoms with Crippen LogP contribution in [0.2, 0.25) is 5.02 Å². The van der Waals surface area contributed by atoms with E-state index in [1.807, 2.05) is 0 Å². The molecule has 0 saturated heterocycles. The lowest BCUT2D eigenvalue weighted by atomic mass is 9.91. The summed E-state index contributed by atoms with van der Waals surface area (Å²) in [7, 11) is 1.70. The molecule has 1 aromatic heterocycles. The maximum atomic E-state index is 14.0. The lowest BCUT2D eigenvalue weighted by Crippen LogP contribution is -2.42. The minimum absolute atomic E-state index is 0.0425. The summed E-state index contributed by atoms with van der Waals surface area (Å²) in [5.74, 6) is -0.471. The van der Waals surface area contributed by atoms with Crippen LogP contribution in [0.25, 0.3) is 0 Å². The molecule has 4 rings (SSSR count). The highest BCUT2D eigenvalue weighted by atomic mass is 35.5. The van der Waals surface area contributed by atoms with Gasteiger partial charge in [0.15, 0.2) is 0 Å². The first-order valence-corrected chi connectivity index (χ1v) is 11.7. The largest absolute Gasteiger partial charge is 0.383 e. The van der Waals surface area contributed by atoms with E-state index in [4.69, 9.17) is 11.6 Å². The standard InChI is InChI=1S/C25H27ClF3N3O3/c1-23(2,34)25(28,29)7-6-24(35)11-15-8-14(9-16(15)12-24)20-21(32(3)13-30-20)22(33)31-17-4-5-19(27)18(26)10-17/h4-5,10,13-16,34-35H,8-9,11-12H2,1-3H3,(H,31,33). The Labute approximate surface area is 206 Å². The lowest BCUT2D eigenvalue weighted by Gasteiger charge is -2.25. The number of anilines is 1. The van der Waals surface area contributed by atoms with Gasteiger partial charge in [-0.3, -0.25) is 4.79 Å². The van der Waals surface area contributed by atoms with Crippen molar-refractivity contribution >= 4 is 23.2 Å². The van der Waals surface area contributed by atoms with Gasteiger partial charge in [0.25, 0.3) is 5.91 Å².